The Morgan fingerprint density at radius 3 is 2.38 bits per heavy atom. The van der Waals surface area contributed by atoms with E-state index in [9.17, 15) is 9.90 Å². The van der Waals surface area contributed by atoms with Crippen LogP contribution >= 0.6 is 0 Å². The Hall–Kier alpha value is -3.34. The Morgan fingerprint density at radius 2 is 1.71 bits per heavy atom. The average Bonchev–Trinajstić information content (AvgIpc) is 2.57. The standard InChI is InChI=1S/C19H16N2O3/c1-12-2-5-15(6-3-12)21-16-8-14(10-20-11-16)13-4-7-17(19(23)24)18(22)9-13/h2-11,21-22H,1H3,(H,23,24). The number of aryl methyl sites for hydroxylation is 1. The lowest BCUT2D eigenvalue weighted by Crippen LogP contribution is -1.97. The summed E-state index contributed by atoms with van der Waals surface area (Å²) in [6.07, 6.45) is 3.37. The van der Waals surface area contributed by atoms with Crippen molar-refractivity contribution in [3.63, 3.8) is 0 Å². The number of nitrogens with zero attached hydrogens (tertiary/aromatic N) is 1. The largest absolute Gasteiger partial charge is 0.507 e. The van der Waals surface area contributed by atoms with E-state index >= 15 is 0 Å². The number of rotatable bonds is 4. The molecule has 0 aliphatic heterocycles. The van der Waals surface area contributed by atoms with Crippen LogP contribution < -0.4 is 5.32 Å². The van der Waals surface area contributed by atoms with Gasteiger partial charge in [0.1, 0.15) is 11.3 Å². The molecular weight excluding hydrogens is 304 g/mol. The number of nitrogens with one attached hydrogen (secondary N) is 1. The molecule has 3 N–H and O–H groups in total. The quantitative estimate of drug-likeness (QED) is 0.671. The Kier molecular flexibility index (Phi) is 4.16. The van der Waals surface area contributed by atoms with Crippen LogP contribution in [0.3, 0.4) is 0 Å². The molecule has 1 aromatic heterocycles. The van der Waals surface area contributed by atoms with Crippen molar-refractivity contribution < 1.29 is 15.0 Å². The summed E-state index contributed by atoms with van der Waals surface area (Å²) in [4.78, 5) is 15.2. The van der Waals surface area contributed by atoms with Crippen molar-refractivity contribution in [1.29, 1.82) is 0 Å². The fraction of sp³-hybridized carbons (Fsp3) is 0.0526. The van der Waals surface area contributed by atoms with Crippen molar-refractivity contribution >= 4 is 17.3 Å². The van der Waals surface area contributed by atoms with Gasteiger partial charge in [-0.15, -0.1) is 0 Å². The number of carboxylic acids is 1. The first-order valence-corrected chi connectivity index (χ1v) is 7.38. The van der Waals surface area contributed by atoms with Crippen LogP contribution in [0.5, 0.6) is 5.75 Å². The van der Waals surface area contributed by atoms with Gasteiger partial charge in [0.25, 0.3) is 0 Å². The summed E-state index contributed by atoms with van der Waals surface area (Å²) in [6, 6.07) is 14.3. The average molecular weight is 320 g/mol. The topological polar surface area (TPSA) is 82.5 Å². The van der Waals surface area contributed by atoms with Crippen LogP contribution in [-0.2, 0) is 0 Å². The smallest absolute Gasteiger partial charge is 0.339 e. The van der Waals surface area contributed by atoms with E-state index in [-0.39, 0.29) is 11.3 Å². The predicted octanol–water partition coefficient (Wildman–Crippen LogP) is 4.20. The summed E-state index contributed by atoms with van der Waals surface area (Å²) in [7, 11) is 0. The Balaban J connectivity index is 1.89. The van der Waals surface area contributed by atoms with Gasteiger partial charge in [-0.05, 0) is 42.8 Å². The van der Waals surface area contributed by atoms with E-state index in [1.807, 2.05) is 37.3 Å². The van der Waals surface area contributed by atoms with Crippen LogP contribution in [0.1, 0.15) is 15.9 Å². The fourth-order valence-electron chi connectivity index (χ4n) is 2.36. The second-order valence-electron chi connectivity index (χ2n) is 5.49. The van der Waals surface area contributed by atoms with Gasteiger partial charge in [-0.1, -0.05) is 23.8 Å². The molecule has 0 unspecified atom stereocenters. The minimum atomic E-state index is -1.16. The minimum absolute atomic E-state index is 0.124. The van der Waals surface area contributed by atoms with Gasteiger partial charge >= 0.3 is 5.97 Å². The molecule has 0 saturated carbocycles. The van der Waals surface area contributed by atoms with Gasteiger partial charge in [0.05, 0.1) is 11.9 Å². The molecule has 0 atom stereocenters. The van der Waals surface area contributed by atoms with Gasteiger partial charge in [0.15, 0.2) is 0 Å². The molecule has 120 valence electrons. The fourth-order valence-corrected chi connectivity index (χ4v) is 2.36. The molecule has 0 bridgehead atoms. The molecule has 3 aromatic rings. The Bertz CT molecular complexity index is 889. The zero-order valence-corrected chi connectivity index (χ0v) is 13.0. The third-order valence-corrected chi connectivity index (χ3v) is 3.64. The SMILES string of the molecule is Cc1ccc(Nc2cncc(-c3ccc(C(=O)O)c(O)c3)c2)cc1. The van der Waals surface area contributed by atoms with E-state index in [2.05, 4.69) is 10.3 Å². The maximum Gasteiger partial charge on any atom is 0.339 e. The van der Waals surface area contributed by atoms with Gasteiger partial charge in [-0.2, -0.15) is 0 Å². The number of benzene rings is 2. The van der Waals surface area contributed by atoms with Crippen molar-refractivity contribution in [1.82, 2.24) is 4.98 Å². The molecule has 0 saturated heterocycles. The molecule has 5 nitrogen and oxygen atoms in total. The second kappa shape index (κ2) is 6.42. The van der Waals surface area contributed by atoms with Gasteiger partial charge in [-0.3, -0.25) is 4.98 Å². The molecule has 3 rings (SSSR count). The van der Waals surface area contributed by atoms with Crippen LogP contribution in [-0.4, -0.2) is 21.2 Å². The summed E-state index contributed by atoms with van der Waals surface area (Å²) in [5.74, 6) is -1.43. The molecule has 0 radical (unpaired) electrons. The van der Waals surface area contributed by atoms with Crippen molar-refractivity contribution in [3.05, 3.63) is 72.1 Å². The maximum atomic E-state index is 11.0. The van der Waals surface area contributed by atoms with Crippen molar-refractivity contribution in [2.75, 3.05) is 5.32 Å². The number of hydrogen-bond acceptors (Lipinski definition) is 4. The zero-order valence-electron chi connectivity index (χ0n) is 13.0. The van der Waals surface area contributed by atoms with Crippen LogP contribution in [0.2, 0.25) is 0 Å². The van der Waals surface area contributed by atoms with E-state index in [0.29, 0.717) is 5.56 Å². The summed E-state index contributed by atoms with van der Waals surface area (Å²) in [5, 5.41) is 22.1. The first kappa shape index (κ1) is 15.6. The van der Waals surface area contributed by atoms with E-state index in [4.69, 9.17) is 5.11 Å². The first-order valence-electron chi connectivity index (χ1n) is 7.38. The highest BCUT2D eigenvalue weighted by Crippen LogP contribution is 2.28. The number of aromatic carboxylic acids is 1. The first-order chi connectivity index (χ1) is 11.5. The molecule has 0 aliphatic carbocycles. The molecule has 1 heterocycles. The molecule has 0 fully saturated rings. The number of anilines is 2. The van der Waals surface area contributed by atoms with E-state index in [0.717, 1.165) is 16.9 Å². The molecule has 24 heavy (non-hydrogen) atoms. The molecular formula is C19H16N2O3. The highest BCUT2D eigenvalue weighted by molar-refractivity contribution is 5.91. The predicted molar refractivity (Wildman–Crippen MR) is 92.8 cm³/mol. The molecule has 0 spiro atoms. The highest BCUT2D eigenvalue weighted by atomic mass is 16.4. The van der Waals surface area contributed by atoms with Gasteiger partial charge in [0, 0.05) is 17.4 Å². The molecule has 5 heteroatoms. The minimum Gasteiger partial charge on any atom is -0.507 e. The zero-order chi connectivity index (χ0) is 17.1. The van der Waals surface area contributed by atoms with Gasteiger partial charge in [0.2, 0.25) is 0 Å². The summed E-state index contributed by atoms with van der Waals surface area (Å²) in [6.45, 7) is 2.03. The number of phenols is 1. The monoisotopic (exact) mass is 320 g/mol. The number of aromatic hydroxyl groups is 1. The normalized spacial score (nSPS) is 10.4. The summed E-state index contributed by atoms with van der Waals surface area (Å²) >= 11 is 0. The Morgan fingerprint density at radius 1 is 0.958 bits per heavy atom. The van der Waals surface area contributed by atoms with Crippen molar-refractivity contribution in [2.45, 2.75) is 6.92 Å². The van der Waals surface area contributed by atoms with Crippen LogP contribution in [0.15, 0.2) is 60.9 Å². The van der Waals surface area contributed by atoms with Gasteiger partial charge < -0.3 is 15.5 Å². The van der Waals surface area contributed by atoms with E-state index < -0.39 is 5.97 Å². The van der Waals surface area contributed by atoms with E-state index in [1.165, 1.54) is 17.7 Å². The van der Waals surface area contributed by atoms with Crippen LogP contribution in [0.4, 0.5) is 11.4 Å². The number of hydrogen-bond donors (Lipinski definition) is 3. The summed E-state index contributed by atoms with van der Waals surface area (Å²) < 4.78 is 0. The number of carboxylic acid groups (broad SMARTS) is 1. The third-order valence-electron chi connectivity index (χ3n) is 3.64. The molecule has 0 amide bonds. The summed E-state index contributed by atoms with van der Waals surface area (Å²) in [5.41, 5.74) is 4.28. The van der Waals surface area contributed by atoms with E-state index in [1.54, 1.807) is 18.5 Å². The number of aromatic nitrogens is 1. The molecule has 2 aromatic carbocycles. The second-order valence-corrected chi connectivity index (χ2v) is 5.49. The molecule has 0 aliphatic rings. The van der Waals surface area contributed by atoms with Crippen molar-refractivity contribution in [3.8, 4) is 16.9 Å². The van der Waals surface area contributed by atoms with Crippen LogP contribution in [0, 0.1) is 6.92 Å². The van der Waals surface area contributed by atoms with Crippen LogP contribution in [0.25, 0.3) is 11.1 Å². The number of pyridine rings is 1. The van der Waals surface area contributed by atoms with Crippen molar-refractivity contribution in [2.24, 2.45) is 0 Å². The van der Waals surface area contributed by atoms with Gasteiger partial charge in [-0.25, -0.2) is 4.79 Å². The maximum absolute atomic E-state index is 11.0. The lowest BCUT2D eigenvalue weighted by atomic mass is 10.0. The highest BCUT2D eigenvalue weighted by Gasteiger charge is 2.11. The number of carbonyl (C=O) groups is 1. The lowest BCUT2D eigenvalue weighted by Gasteiger charge is -2.09. The third kappa shape index (κ3) is 3.35. The Labute approximate surface area is 139 Å². The lowest BCUT2D eigenvalue weighted by molar-refractivity contribution is 0.0694.